The Balaban J connectivity index is 2.97. The van der Waals surface area contributed by atoms with Gasteiger partial charge >= 0.3 is 0 Å². The van der Waals surface area contributed by atoms with E-state index in [0.717, 1.165) is 0 Å². The Morgan fingerprint density at radius 1 is 1.20 bits per heavy atom. The highest BCUT2D eigenvalue weighted by atomic mass is 19.1. The fourth-order valence-corrected chi connectivity index (χ4v) is 0.621. The molecule has 0 aliphatic heterocycles. The van der Waals surface area contributed by atoms with Crippen molar-refractivity contribution in [3.63, 3.8) is 0 Å². The first-order valence-electron chi connectivity index (χ1n) is 2.80. The van der Waals surface area contributed by atoms with Gasteiger partial charge in [-0.15, -0.1) is 4.39 Å². The minimum absolute atomic E-state index is 0.636. The number of hydrogen-bond donors (Lipinski definition) is 1. The van der Waals surface area contributed by atoms with Gasteiger partial charge in [0.25, 0.3) is 0 Å². The molecular formula is C8H6FN. The predicted octanol–water partition coefficient (Wildman–Crippen LogP) is 1.55. The van der Waals surface area contributed by atoms with Gasteiger partial charge in [0.2, 0.25) is 0 Å². The van der Waals surface area contributed by atoms with Crippen LogP contribution in [0.25, 0.3) is 0 Å². The topological polar surface area (TPSA) is 26.0 Å². The summed E-state index contributed by atoms with van der Waals surface area (Å²) in [5, 5.41) is 0. The molecule has 0 aliphatic carbocycles. The van der Waals surface area contributed by atoms with E-state index in [1.54, 1.807) is 24.3 Å². The van der Waals surface area contributed by atoms with E-state index in [-0.39, 0.29) is 0 Å². The molecule has 0 heterocycles. The summed E-state index contributed by atoms with van der Waals surface area (Å²) in [6.45, 7) is 0. The van der Waals surface area contributed by atoms with Gasteiger partial charge in [0.1, 0.15) is 6.17 Å². The predicted molar refractivity (Wildman–Crippen MR) is 38.8 cm³/mol. The highest BCUT2D eigenvalue weighted by molar-refractivity contribution is 5.44. The van der Waals surface area contributed by atoms with Gasteiger partial charge in [-0.1, -0.05) is 0 Å². The molecule has 0 atom stereocenters. The first-order valence-corrected chi connectivity index (χ1v) is 2.80. The molecule has 1 aromatic rings. The third-order valence-corrected chi connectivity index (χ3v) is 1.10. The van der Waals surface area contributed by atoms with Crippen molar-refractivity contribution in [1.82, 2.24) is 0 Å². The molecular weight excluding hydrogens is 129 g/mol. The third kappa shape index (κ3) is 1.49. The lowest BCUT2D eigenvalue weighted by atomic mass is 10.2. The van der Waals surface area contributed by atoms with E-state index in [9.17, 15) is 4.39 Å². The summed E-state index contributed by atoms with van der Waals surface area (Å²) >= 11 is 0. The largest absolute Gasteiger partial charge is 0.399 e. The van der Waals surface area contributed by atoms with Gasteiger partial charge in [-0.2, -0.15) is 0 Å². The molecule has 1 nitrogen and oxygen atoms in total. The number of hydrogen-bond acceptors (Lipinski definition) is 1. The van der Waals surface area contributed by atoms with Crippen LogP contribution in [0.15, 0.2) is 24.3 Å². The second-order valence-corrected chi connectivity index (χ2v) is 1.84. The van der Waals surface area contributed by atoms with Crippen LogP contribution in [0.2, 0.25) is 0 Å². The van der Waals surface area contributed by atoms with Gasteiger partial charge in [0.15, 0.2) is 0 Å². The quantitative estimate of drug-likeness (QED) is 0.424. The van der Waals surface area contributed by atoms with E-state index in [1.807, 2.05) is 0 Å². The van der Waals surface area contributed by atoms with E-state index >= 15 is 0 Å². The Morgan fingerprint density at radius 2 is 1.80 bits per heavy atom. The Hall–Kier alpha value is -1.49. The minimum Gasteiger partial charge on any atom is -0.399 e. The fourth-order valence-electron chi connectivity index (χ4n) is 0.621. The zero-order valence-corrected chi connectivity index (χ0v) is 5.26. The van der Waals surface area contributed by atoms with Crippen LogP contribution in [-0.2, 0) is 0 Å². The monoisotopic (exact) mass is 135 g/mol. The Morgan fingerprint density at radius 3 is 2.30 bits per heavy atom. The minimum atomic E-state index is 0.636. The lowest BCUT2D eigenvalue weighted by molar-refractivity contribution is 0.774. The Kier molecular flexibility index (Phi) is 1.91. The van der Waals surface area contributed by atoms with Gasteiger partial charge in [0.05, 0.1) is 0 Å². The van der Waals surface area contributed by atoms with Crippen molar-refractivity contribution in [2.24, 2.45) is 0 Å². The second kappa shape index (κ2) is 2.88. The van der Waals surface area contributed by atoms with Crippen LogP contribution in [-0.4, -0.2) is 0 Å². The maximum Gasteiger partial charge on any atom is 0.111 e. The number of benzene rings is 1. The van der Waals surface area contributed by atoms with E-state index < -0.39 is 0 Å². The summed E-state index contributed by atoms with van der Waals surface area (Å²) in [6, 6.07) is 6.70. The molecule has 0 spiro atoms. The third-order valence-electron chi connectivity index (χ3n) is 1.10. The molecule has 0 amide bonds. The smallest absolute Gasteiger partial charge is 0.111 e. The normalized spacial score (nSPS) is 8.10. The Bertz CT molecular complexity index is 266. The van der Waals surface area contributed by atoms with Gasteiger partial charge in [-0.25, -0.2) is 0 Å². The van der Waals surface area contributed by atoms with Gasteiger partial charge < -0.3 is 5.73 Å². The maximum atomic E-state index is 11.4. The van der Waals surface area contributed by atoms with E-state index in [4.69, 9.17) is 5.73 Å². The standard InChI is InChI=1S/C8H6FN/c9-6-5-7-1-3-8(10)4-2-7/h1-4H,10H2. The zero-order valence-electron chi connectivity index (χ0n) is 5.26. The summed E-state index contributed by atoms with van der Waals surface area (Å²) in [6.07, 6.45) is 1.31. The van der Waals surface area contributed by atoms with Crippen LogP contribution in [0, 0.1) is 12.1 Å². The molecule has 1 rings (SSSR count). The maximum absolute atomic E-state index is 11.4. The van der Waals surface area contributed by atoms with Crippen LogP contribution in [0.1, 0.15) is 5.56 Å². The molecule has 0 saturated carbocycles. The average Bonchev–Trinajstić information content (AvgIpc) is 1.95. The van der Waals surface area contributed by atoms with Crippen molar-refractivity contribution in [2.45, 2.75) is 0 Å². The van der Waals surface area contributed by atoms with E-state index in [0.29, 0.717) is 11.3 Å². The van der Waals surface area contributed by atoms with Crippen molar-refractivity contribution in [1.29, 1.82) is 0 Å². The van der Waals surface area contributed by atoms with Crippen molar-refractivity contribution < 1.29 is 4.39 Å². The number of anilines is 1. The highest BCUT2D eigenvalue weighted by Crippen LogP contribution is 2.03. The van der Waals surface area contributed by atoms with E-state index in [1.165, 1.54) is 6.17 Å². The van der Waals surface area contributed by atoms with Gasteiger partial charge in [0, 0.05) is 11.3 Å². The van der Waals surface area contributed by atoms with Crippen molar-refractivity contribution in [3.8, 4) is 12.1 Å². The summed E-state index contributed by atoms with van der Waals surface area (Å²) in [4.78, 5) is 0. The molecule has 10 heavy (non-hydrogen) atoms. The highest BCUT2D eigenvalue weighted by Gasteiger charge is 1.84. The second-order valence-electron chi connectivity index (χ2n) is 1.84. The van der Waals surface area contributed by atoms with E-state index in [2.05, 4.69) is 5.92 Å². The molecule has 2 heteroatoms. The van der Waals surface area contributed by atoms with Crippen LogP contribution >= 0.6 is 0 Å². The molecule has 0 unspecified atom stereocenters. The molecule has 0 fully saturated rings. The number of halogens is 1. The number of nitrogen functional groups attached to an aromatic ring is 1. The van der Waals surface area contributed by atoms with Crippen molar-refractivity contribution >= 4 is 5.69 Å². The molecule has 0 radical (unpaired) electrons. The van der Waals surface area contributed by atoms with Crippen LogP contribution < -0.4 is 5.73 Å². The SMILES string of the molecule is Nc1ccc(C#CF)cc1. The number of rotatable bonds is 0. The fraction of sp³-hybridized carbons (Fsp3) is 0. The van der Waals surface area contributed by atoms with Gasteiger partial charge in [-0.3, -0.25) is 0 Å². The van der Waals surface area contributed by atoms with Crippen LogP contribution in [0.5, 0.6) is 0 Å². The Labute approximate surface area is 58.7 Å². The van der Waals surface area contributed by atoms with Crippen molar-refractivity contribution in [3.05, 3.63) is 29.8 Å². The summed E-state index contributed by atoms with van der Waals surface area (Å²) in [5.74, 6) is 2.26. The first-order chi connectivity index (χ1) is 4.83. The summed E-state index contributed by atoms with van der Waals surface area (Å²) in [7, 11) is 0. The number of nitrogens with two attached hydrogens (primary N) is 1. The lowest BCUT2D eigenvalue weighted by Crippen LogP contribution is -1.82. The average molecular weight is 135 g/mol. The molecule has 0 bridgehead atoms. The molecule has 0 aliphatic rings. The molecule has 0 saturated heterocycles. The first kappa shape index (κ1) is 6.63. The van der Waals surface area contributed by atoms with Crippen LogP contribution in [0.3, 0.4) is 0 Å². The molecule has 1 aromatic carbocycles. The summed E-state index contributed by atoms with van der Waals surface area (Å²) < 4.78 is 11.4. The van der Waals surface area contributed by atoms with Gasteiger partial charge in [-0.05, 0) is 30.2 Å². The molecule has 0 aromatic heterocycles. The van der Waals surface area contributed by atoms with Crippen molar-refractivity contribution in [2.75, 3.05) is 5.73 Å². The van der Waals surface area contributed by atoms with Crippen LogP contribution in [0.4, 0.5) is 10.1 Å². The lowest BCUT2D eigenvalue weighted by Gasteiger charge is -1.89. The summed E-state index contributed by atoms with van der Waals surface area (Å²) in [5.41, 5.74) is 6.67. The molecule has 2 N–H and O–H groups in total. The zero-order chi connectivity index (χ0) is 7.40. The molecule has 50 valence electrons.